The summed E-state index contributed by atoms with van der Waals surface area (Å²) < 4.78 is 37.0. The Morgan fingerprint density at radius 1 is 1.27 bits per heavy atom. The monoisotopic (exact) mass is 235 g/mol. The lowest BCUT2D eigenvalue weighted by atomic mass is 10.2. The predicted octanol–water partition coefficient (Wildman–Crippen LogP) is 3.32. The number of hydrogen-bond acceptors (Lipinski definition) is 2. The summed E-state index contributed by atoms with van der Waals surface area (Å²) in [7, 11) is 3.75. The molecule has 0 radical (unpaired) electrons. The molecule has 1 aromatic rings. The van der Waals surface area contributed by atoms with Gasteiger partial charge in [0.2, 0.25) is 0 Å². The zero-order chi connectivity index (χ0) is 11.5. The second-order valence-corrected chi connectivity index (χ2v) is 4.40. The van der Waals surface area contributed by atoms with E-state index < -0.39 is 11.7 Å². The third kappa shape index (κ3) is 4.13. The van der Waals surface area contributed by atoms with E-state index in [2.05, 4.69) is 0 Å². The lowest BCUT2D eigenvalue weighted by Gasteiger charge is -2.11. The van der Waals surface area contributed by atoms with Crippen molar-refractivity contribution < 1.29 is 13.2 Å². The van der Waals surface area contributed by atoms with Crippen molar-refractivity contribution >= 4 is 11.8 Å². The largest absolute Gasteiger partial charge is 0.416 e. The van der Waals surface area contributed by atoms with Crippen LogP contribution in [-0.4, -0.2) is 24.9 Å². The first-order valence-corrected chi connectivity index (χ1v) is 5.33. The molecule has 1 rings (SSSR count). The number of halogens is 3. The summed E-state index contributed by atoms with van der Waals surface area (Å²) in [6, 6.07) is 5.37. The molecule has 0 fully saturated rings. The van der Waals surface area contributed by atoms with Gasteiger partial charge in [0.1, 0.15) is 0 Å². The molecule has 84 valence electrons. The van der Waals surface area contributed by atoms with Gasteiger partial charge in [0.15, 0.2) is 0 Å². The van der Waals surface area contributed by atoms with E-state index in [4.69, 9.17) is 0 Å². The van der Waals surface area contributed by atoms with Crippen molar-refractivity contribution in [3.05, 3.63) is 29.8 Å². The maximum absolute atomic E-state index is 12.3. The molecule has 0 unspecified atom stereocenters. The first-order valence-electron chi connectivity index (χ1n) is 4.34. The molecule has 0 atom stereocenters. The molecule has 0 saturated carbocycles. The topological polar surface area (TPSA) is 3.24 Å². The molecule has 0 saturated heterocycles. The van der Waals surface area contributed by atoms with E-state index >= 15 is 0 Å². The summed E-state index contributed by atoms with van der Waals surface area (Å²) in [6.45, 7) is 0. The van der Waals surface area contributed by atoms with Gasteiger partial charge in [0.05, 0.1) is 5.56 Å². The van der Waals surface area contributed by atoms with Crippen molar-refractivity contribution in [3.8, 4) is 0 Å². The Hall–Kier alpha value is -0.680. The second-order valence-electron chi connectivity index (χ2n) is 3.38. The average molecular weight is 235 g/mol. The third-order valence-electron chi connectivity index (χ3n) is 1.65. The molecule has 1 nitrogen and oxygen atoms in total. The van der Waals surface area contributed by atoms with Crippen LogP contribution in [0.5, 0.6) is 0 Å². The number of thioether (sulfide) groups is 1. The van der Waals surface area contributed by atoms with Gasteiger partial charge in [0, 0.05) is 10.8 Å². The fraction of sp³-hybridized carbons (Fsp3) is 0.400. The number of rotatable bonds is 3. The van der Waals surface area contributed by atoms with Gasteiger partial charge in [-0.1, -0.05) is 6.07 Å². The van der Waals surface area contributed by atoms with Crippen LogP contribution in [-0.2, 0) is 6.18 Å². The minimum Gasteiger partial charge on any atom is -0.300 e. The summed E-state index contributed by atoms with van der Waals surface area (Å²) in [5, 5.41) is 0. The zero-order valence-corrected chi connectivity index (χ0v) is 9.32. The molecule has 0 N–H and O–H groups in total. The number of hydrogen-bond donors (Lipinski definition) is 0. The molecule has 5 heteroatoms. The normalized spacial score (nSPS) is 12.1. The lowest BCUT2D eigenvalue weighted by Crippen LogP contribution is -2.10. The number of nitrogens with zero attached hydrogens (tertiary/aromatic N) is 1. The van der Waals surface area contributed by atoms with Crippen molar-refractivity contribution in [1.82, 2.24) is 4.90 Å². The quantitative estimate of drug-likeness (QED) is 0.584. The summed E-state index contributed by atoms with van der Waals surface area (Å²) in [5.41, 5.74) is -0.591. The molecule has 0 aliphatic rings. The molecule has 15 heavy (non-hydrogen) atoms. The van der Waals surface area contributed by atoms with Gasteiger partial charge in [-0.2, -0.15) is 13.2 Å². The van der Waals surface area contributed by atoms with Gasteiger partial charge in [-0.05, 0) is 32.3 Å². The minimum atomic E-state index is -4.26. The smallest absolute Gasteiger partial charge is 0.300 e. The van der Waals surface area contributed by atoms with Crippen LogP contribution in [0.25, 0.3) is 0 Å². The van der Waals surface area contributed by atoms with Gasteiger partial charge >= 0.3 is 6.18 Å². The Bertz CT molecular complexity index is 323. The van der Waals surface area contributed by atoms with Crippen LogP contribution in [0.1, 0.15) is 5.56 Å². The second kappa shape index (κ2) is 4.90. The zero-order valence-electron chi connectivity index (χ0n) is 8.51. The Kier molecular flexibility index (Phi) is 4.04. The summed E-state index contributed by atoms with van der Waals surface area (Å²) in [5.74, 6) is 0.668. The third-order valence-corrected chi connectivity index (χ3v) is 2.88. The van der Waals surface area contributed by atoms with Crippen LogP contribution in [0.4, 0.5) is 13.2 Å². The average Bonchev–Trinajstić information content (AvgIpc) is 2.14. The maximum Gasteiger partial charge on any atom is 0.416 e. The van der Waals surface area contributed by atoms with Gasteiger partial charge < -0.3 is 0 Å². The predicted molar refractivity (Wildman–Crippen MR) is 55.9 cm³/mol. The first-order chi connectivity index (χ1) is 6.89. The van der Waals surface area contributed by atoms with Crippen LogP contribution in [0.3, 0.4) is 0 Å². The first kappa shape index (κ1) is 12.4. The van der Waals surface area contributed by atoms with Gasteiger partial charge in [-0.3, -0.25) is 4.90 Å². The van der Waals surface area contributed by atoms with Crippen LogP contribution in [0.15, 0.2) is 29.2 Å². The molecular weight excluding hydrogens is 223 g/mol. The van der Waals surface area contributed by atoms with E-state index in [-0.39, 0.29) is 0 Å². The van der Waals surface area contributed by atoms with E-state index in [0.717, 1.165) is 6.07 Å². The summed E-state index contributed by atoms with van der Waals surface area (Å²) >= 11 is 1.38. The number of alkyl halides is 3. The lowest BCUT2D eigenvalue weighted by molar-refractivity contribution is -0.137. The highest BCUT2D eigenvalue weighted by Gasteiger charge is 2.30. The summed E-state index contributed by atoms with van der Waals surface area (Å²) in [6.07, 6.45) is -4.26. The fourth-order valence-corrected chi connectivity index (χ4v) is 1.76. The van der Waals surface area contributed by atoms with Gasteiger partial charge in [-0.15, -0.1) is 11.8 Å². The highest BCUT2D eigenvalue weighted by atomic mass is 32.2. The van der Waals surface area contributed by atoms with Crippen LogP contribution < -0.4 is 0 Å². The van der Waals surface area contributed by atoms with Crippen LogP contribution in [0.2, 0.25) is 0 Å². The van der Waals surface area contributed by atoms with Crippen molar-refractivity contribution in [2.24, 2.45) is 0 Å². The Balaban J connectivity index is 2.75. The molecule has 0 bridgehead atoms. The molecule has 0 aliphatic carbocycles. The van der Waals surface area contributed by atoms with Gasteiger partial charge in [-0.25, -0.2) is 0 Å². The summed E-state index contributed by atoms with van der Waals surface area (Å²) in [4.78, 5) is 2.55. The molecule has 0 aromatic heterocycles. The fourth-order valence-electron chi connectivity index (χ4n) is 0.966. The maximum atomic E-state index is 12.3. The highest BCUT2D eigenvalue weighted by Crippen LogP contribution is 2.31. The van der Waals surface area contributed by atoms with E-state index in [1.807, 2.05) is 19.0 Å². The molecule has 0 spiro atoms. The van der Waals surface area contributed by atoms with Crippen LogP contribution >= 0.6 is 11.8 Å². The standard InChI is InChI=1S/C10H12F3NS/c1-14(2)7-15-9-5-3-4-8(6-9)10(11,12)13/h3-6H,7H2,1-2H3. The van der Waals surface area contributed by atoms with E-state index in [1.165, 1.54) is 23.9 Å². The molecule has 0 heterocycles. The van der Waals surface area contributed by atoms with Crippen LogP contribution in [0, 0.1) is 0 Å². The Morgan fingerprint density at radius 2 is 1.93 bits per heavy atom. The molecule has 1 aromatic carbocycles. The Labute approximate surface area is 91.3 Å². The molecular formula is C10H12F3NS. The van der Waals surface area contributed by atoms with Crippen molar-refractivity contribution in [2.75, 3.05) is 20.0 Å². The van der Waals surface area contributed by atoms with Crippen molar-refractivity contribution in [2.45, 2.75) is 11.1 Å². The van der Waals surface area contributed by atoms with Crippen molar-refractivity contribution in [1.29, 1.82) is 0 Å². The molecule has 0 aliphatic heterocycles. The van der Waals surface area contributed by atoms with E-state index in [1.54, 1.807) is 6.07 Å². The number of benzene rings is 1. The SMILES string of the molecule is CN(C)CSc1cccc(C(F)(F)F)c1. The van der Waals surface area contributed by atoms with E-state index in [0.29, 0.717) is 10.8 Å². The Morgan fingerprint density at radius 3 is 2.47 bits per heavy atom. The molecule has 0 amide bonds. The van der Waals surface area contributed by atoms with E-state index in [9.17, 15) is 13.2 Å². The van der Waals surface area contributed by atoms with Gasteiger partial charge in [0.25, 0.3) is 0 Å². The van der Waals surface area contributed by atoms with Crippen molar-refractivity contribution in [3.63, 3.8) is 0 Å². The minimum absolute atomic E-state index is 0.591. The highest BCUT2D eigenvalue weighted by molar-refractivity contribution is 7.99.